The number of hydrogen-bond acceptors (Lipinski definition) is 6. The molecule has 0 aliphatic rings. The number of ether oxygens (including phenoxy) is 1. The van der Waals surface area contributed by atoms with Crippen molar-refractivity contribution in [3.05, 3.63) is 106 Å². The van der Waals surface area contributed by atoms with E-state index in [1.54, 1.807) is 36.4 Å². The second-order valence-corrected chi connectivity index (χ2v) is 10.1. The normalized spacial score (nSPS) is 11.7. The smallest absolute Gasteiger partial charge is 0.349 e. The summed E-state index contributed by atoms with van der Waals surface area (Å²) in [6.45, 7) is 4.36. The van der Waals surface area contributed by atoms with Crippen LogP contribution in [0.15, 0.2) is 78.0 Å². The van der Waals surface area contributed by atoms with Gasteiger partial charge in [-0.3, -0.25) is 0 Å². The molecule has 1 heterocycles. The van der Waals surface area contributed by atoms with Crippen LogP contribution in [0.4, 0.5) is 0 Å². The number of nitrogens with zero attached hydrogens (tertiary/aromatic N) is 3. The number of aryl methyl sites for hydroxylation is 2. The summed E-state index contributed by atoms with van der Waals surface area (Å²) in [6.07, 6.45) is 1.52. The molecule has 0 fully saturated rings. The molecule has 202 valence electrons. The number of unbranched alkanes of at least 4 members (excludes halogenated alkanes) is 1. The van der Waals surface area contributed by atoms with Crippen LogP contribution in [-0.4, -0.2) is 36.9 Å². The maximum absolute atomic E-state index is 12.2. The number of aromatic nitrogens is 3. The Morgan fingerprint density at radius 2 is 1.64 bits per heavy atom. The fourth-order valence-corrected chi connectivity index (χ4v) is 5.24. The monoisotopic (exact) mass is 545 g/mol. The number of benzene rings is 3. The number of thioether (sulfide) groups is 1. The van der Waals surface area contributed by atoms with Crippen molar-refractivity contribution in [2.75, 3.05) is 0 Å². The Morgan fingerprint density at radius 1 is 0.949 bits per heavy atom. The Kier molecular flexibility index (Phi) is 9.38. The molecule has 2 N–H and O–H groups in total. The number of carboxylic acid groups (broad SMARTS) is 2. The lowest BCUT2D eigenvalue weighted by Gasteiger charge is -2.20. The van der Waals surface area contributed by atoms with E-state index in [4.69, 9.17) is 4.74 Å². The maximum Gasteiger partial charge on any atom is 0.349 e. The molecule has 0 aliphatic carbocycles. The van der Waals surface area contributed by atoms with Crippen molar-refractivity contribution >= 4 is 23.7 Å². The van der Waals surface area contributed by atoms with Crippen molar-refractivity contribution in [3.8, 4) is 5.75 Å². The van der Waals surface area contributed by atoms with Gasteiger partial charge in [0.15, 0.2) is 5.16 Å². The summed E-state index contributed by atoms with van der Waals surface area (Å²) >= 11 is 1.42. The molecule has 4 aromatic rings. The van der Waals surface area contributed by atoms with E-state index in [1.165, 1.54) is 11.8 Å². The molecule has 1 atom stereocenters. The highest BCUT2D eigenvalue weighted by atomic mass is 32.2. The van der Waals surface area contributed by atoms with Crippen LogP contribution in [0.25, 0.3) is 0 Å². The number of rotatable bonds is 13. The molecule has 0 aliphatic heterocycles. The molecular formula is C30H31N3O5S. The van der Waals surface area contributed by atoms with Crippen LogP contribution in [0.3, 0.4) is 0 Å². The van der Waals surface area contributed by atoms with Crippen molar-refractivity contribution in [2.24, 2.45) is 0 Å². The molecule has 0 radical (unpaired) electrons. The Hall–Kier alpha value is -4.11. The average Bonchev–Trinajstić information content (AvgIpc) is 3.31. The molecule has 1 unspecified atom stereocenters. The van der Waals surface area contributed by atoms with Crippen LogP contribution in [0.5, 0.6) is 5.75 Å². The van der Waals surface area contributed by atoms with Gasteiger partial charge in [-0.2, -0.15) is 0 Å². The molecule has 0 amide bonds. The summed E-state index contributed by atoms with van der Waals surface area (Å²) in [4.78, 5) is 23.9. The first-order valence-electron chi connectivity index (χ1n) is 12.8. The van der Waals surface area contributed by atoms with Crippen LogP contribution in [0, 0.1) is 6.92 Å². The average molecular weight is 546 g/mol. The van der Waals surface area contributed by atoms with Crippen LogP contribution in [0.1, 0.15) is 64.3 Å². The largest absolute Gasteiger partial charge is 0.478 e. The second-order valence-electron chi connectivity index (χ2n) is 9.14. The maximum atomic E-state index is 12.2. The Morgan fingerprint density at radius 3 is 2.36 bits per heavy atom. The quantitative estimate of drug-likeness (QED) is 0.192. The van der Waals surface area contributed by atoms with Crippen LogP contribution >= 0.6 is 11.8 Å². The van der Waals surface area contributed by atoms with E-state index in [9.17, 15) is 19.8 Å². The van der Waals surface area contributed by atoms with Gasteiger partial charge in [0.25, 0.3) is 0 Å². The summed E-state index contributed by atoms with van der Waals surface area (Å²) in [7, 11) is 0. The van der Waals surface area contributed by atoms with Crippen molar-refractivity contribution in [1.29, 1.82) is 0 Å². The minimum atomic E-state index is -1.16. The van der Waals surface area contributed by atoms with E-state index in [0.29, 0.717) is 34.3 Å². The lowest BCUT2D eigenvalue weighted by molar-refractivity contribution is -0.145. The first-order valence-corrected chi connectivity index (χ1v) is 13.8. The predicted molar refractivity (Wildman–Crippen MR) is 149 cm³/mol. The Balaban J connectivity index is 1.64. The van der Waals surface area contributed by atoms with E-state index in [0.717, 1.165) is 36.2 Å². The van der Waals surface area contributed by atoms with Crippen LogP contribution < -0.4 is 4.74 Å². The predicted octanol–water partition coefficient (Wildman–Crippen LogP) is 6.17. The van der Waals surface area contributed by atoms with Crippen molar-refractivity contribution in [2.45, 2.75) is 56.7 Å². The molecule has 9 heteroatoms. The van der Waals surface area contributed by atoms with Gasteiger partial charge in [-0.25, -0.2) is 9.59 Å². The van der Waals surface area contributed by atoms with Crippen molar-refractivity contribution in [3.63, 3.8) is 0 Å². The first kappa shape index (κ1) is 27.9. The van der Waals surface area contributed by atoms with Gasteiger partial charge in [-0.15, -0.1) is 10.2 Å². The van der Waals surface area contributed by atoms with Gasteiger partial charge in [0, 0.05) is 23.3 Å². The molecule has 3 aromatic carbocycles. The molecule has 1 aromatic heterocycles. The molecule has 8 nitrogen and oxygen atoms in total. The number of carbonyl (C=O) groups is 2. The van der Waals surface area contributed by atoms with E-state index in [2.05, 4.69) is 17.1 Å². The standard InChI is InChI=1S/C30H31N3O5S/c1-3-4-17-26-31-32-30(39-19-22-13-6-9-15-24(22)28(34)35)33(26)18-21-12-7-10-16-25(21)38-27(29(36)37)23-14-8-5-11-20(23)2/h5-16,27H,3-4,17-19H2,1-2H3,(H,34,35)(H,36,37). The molecule has 0 saturated carbocycles. The number of aromatic carboxylic acids is 1. The van der Waals surface area contributed by atoms with Gasteiger partial charge >= 0.3 is 11.9 Å². The lowest BCUT2D eigenvalue weighted by Crippen LogP contribution is -2.20. The van der Waals surface area contributed by atoms with Crippen molar-refractivity contribution < 1.29 is 24.5 Å². The van der Waals surface area contributed by atoms with E-state index in [-0.39, 0.29) is 5.56 Å². The highest BCUT2D eigenvalue weighted by molar-refractivity contribution is 7.98. The lowest BCUT2D eigenvalue weighted by atomic mass is 10.0. The first-order chi connectivity index (χ1) is 18.9. The topological polar surface area (TPSA) is 115 Å². The van der Waals surface area contributed by atoms with Gasteiger partial charge in [0.2, 0.25) is 6.10 Å². The third kappa shape index (κ3) is 6.86. The summed E-state index contributed by atoms with van der Waals surface area (Å²) < 4.78 is 8.14. The number of carboxylic acids is 2. The number of para-hydroxylation sites is 1. The van der Waals surface area contributed by atoms with Gasteiger partial charge in [-0.05, 0) is 36.6 Å². The zero-order valence-corrected chi connectivity index (χ0v) is 22.7. The third-order valence-corrected chi connectivity index (χ3v) is 7.41. The zero-order valence-electron chi connectivity index (χ0n) is 21.9. The van der Waals surface area contributed by atoms with E-state index in [1.807, 2.05) is 47.9 Å². The van der Waals surface area contributed by atoms with Gasteiger partial charge in [0.1, 0.15) is 11.6 Å². The fourth-order valence-electron chi connectivity index (χ4n) is 4.28. The third-order valence-electron chi connectivity index (χ3n) is 6.39. The van der Waals surface area contributed by atoms with E-state index < -0.39 is 18.0 Å². The minimum Gasteiger partial charge on any atom is -0.478 e. The summed E-state index contributed by atoms with van der Waals surface area (Å²) in [5.74, 6) is -0.338. The summed E-state index contributed by atoms with van der Waals surface area (Å²) in [5.41, 5.74) is 3.19. The summed E-state index contributed by atoms with van der Waals surface area (Å²) in [6, 6.07) is 21.6. The van der Waals surface area contributed by atoms with Gasteiger partial charge < -0.3 is 19.5 Å². The minimum absolute atomic E-state index is 0.261. The summed E-state index contributed by atoms with van der Waals surface area (Å²) in [5, 5.41) is 29.1. The number of aliphatic carboxylic acids is 1. The molecule has 39 heavy (non-hydrogen) atoms. The fraction of sp³-hybridized carbons (Fsp3) is 0.267. The van der Waals surface area contributed by atoms with Crippen molar-refractivity contribution in [1.82, 2.24) is 14.8 Å². The molecule has 0 bridgehead atoms. The molecule has 0 spiro atoms. The number of hydrogen-bond donors (Lipinski definition) is 2. The second kappa shape index (κ2) is 13.1. The zero-order chi connectivity index (χ0) is 27.8. The molecular weight excluding hydrogens is 514 g/mol. The van der Waals surface area contributed by atoms with Gasteiger partial charge in [-0.1, -0.05) is 85.8 Å². The highest BCUT2D eigenvalue weighted by Gasteiger charge is 2.25. The highest BCUT2D eigenvalue weighted by Crippen LogP contribution is 2.30. The molecule has 4 rings (SSSR count). The molecule has 0 saturated heterocycles. The van der Waals surface area contributed by atoms with Crippen LogP contribution in [-0.2, 0) is 23.5 Å². The van der Waals surface area contributed by atoms with E-state index >= 15 is 0 Å². The van der Waals surface area contributed by atoms with Crippen LogP contribution in [0.2, 0.25) is 0 Å². The SMILES string of the molecule is CCCCc1nnc(SCc2ccccc2C(=O)O)n1Cc1ccccc1OC(C(=O)O)c1ccccc1C. The Bertz CT molecular complexity index is 1450. The Labute approximate surface area is 231 Å². The van der Waals surface area contributed by atoms with Gasteiger partial charge in [0.05, 0.1) is 12.1 Å².